The number of benzene rings is 5. The van der Waals surface area contributed by atoms with E-state index in [9.17, 15) is 25.5 Å². The highest BCUT2D eigenvalue weighted by atomic mass is 127. The van der Waals surface area contributed by atoms with Gasteiger partial charge in [-0.3, -0.25) is 0 Å². The molecule has 5 aromatic carbocycles. The van der Waals surface area contributed by atoms with Crippen LogP contribution in [0.2, 0.25) is 0 Å². The van der Waals surface area contributed by atoms with Crippen molar-refractivity contribution in [1.82, 2.24) is 0 Å². The minimum Gasteiger partial charge on any atom is -0.506 e. The first kappa shape index (κ1) is 22.9. The zero-order chi connectivity index (χ0) is 24.1. The smallest absolute Gasteiger partial charge is 0.158 e. The molecule has 0 amide bonds. The highest BCUT2D eigenvalue weighted by Gasteiger charge is 2.24. The van der Waals surface area contributed by atoms with Crippen LogP contribution in [-0.2, 0) is 0 Å². The first-order valence-electron chi connectivity index (χ1n) is 10.3. The third kappa shape index (κ3) is 3.86. The van der Waals surface area contributed by atoms with Crippen molar-refractivity contribution in [2.45, 2.75) is 5.92 Å². The van der Waals surface area contributed by atoms with Crippen LogP contribution in [0.1, 0.15) is 22.6 Å². The summed E-state index contributed by atoms with van der Waals surface area (Å²) < 4.78 is 1.40. The zero-order valence-corrected chi connectivity index (χ0v) is 21.8. The van der Waals surface area contributed by atoms with Gasteiger partial charge in [-0.15, -0.1) is 0 Å². The van der Waals surface area contributed by atoms with Gasteiger partial charge < -0.3 is 25.5 Å². The van der Waals surface area contributed by atoms with Gasteiger partial charge in [0.25, 0.3) is 0 Å². The highest BCUT2D eigenvalue weighted by molar-refractivity contribution is 14.1. The van der Waals surface area contributed by atoms with Gasteiger partial charge in [-0.25, -0.2) is 0 Å². The lowest BCUT2D eigenvalue weighted by Crippen LogP contribution is -2.06. The maximum Gasteiger partial charge on any atom is 0.158 e. The van der Waals surface area contributed by atoms with Crippen LogP contribution in [0.4, 0.5) is 0 Å². The van der Waals surface area contributed by atoms with Crippen molar-refractivity contribution in [2.75, 3.05) is 0 Å². The normalized spacial score (nSPS) is 11.5. The Hall–Kier alpha value is -2.92. The van der Waals surface area contributed by atoms with Crippen molar-refractivity contribution >= 4 is 66.7 Å². The van der Waals surface area contributed by atoms with Crippen LogP contribution < -0.4 is 0 Å². The molecule has 0 fully saturated rings. The van der Waals surface area contributed by atoms with Gasteiger partial charge in [-0.1, -0.05) is 36.4 Å². The van der Waals surface area contributed by atoms with Crippen molar-refractivity contribution in [2.24, 2.45) is 0 Å². The van der Waals surface area contributed by atoms with Crippen LogP contribution in [0, 0.1) is 7.14 Å². The molecule has 5 nitrogen and oxygen atoms in total. The fourth-order valence-electron chi connectivity index (χ4n) is 4.43. The summed E-state index contributed by atoms with van der Waals surface area (Å²) in [5.74, 6) is -0.948. The van der Waals surface area contributed by atoms with Crippen molar-refractivity contribution in [3.8, 4) is 28.7 Å². The third-order valence-corrected chi connectivity index (χ3v) is 7.66. The molecule has 0 bridgehead atoms. The van der Waals surface area contributed by atoms with Gasteiger partial charge in [-0.05, 0) is 120 Å². The number of phenolic OH excluding ortho intramolecular Hbond substituents is 5. The van der Waals surface area contributed by atoms with Gasteiger partial charge in [0.1, 0.15) is 5.75 Å². The first-order chi connectivity index (χ1) is 16.2. The van der Waals surface area contributed by atoms with E-state index in [2.05, 4.69) is 45.2 Å². The molecule has 0 radical (unpaired) electrons. The zero-order valence-electron chi connectivity index (χ0n) is 17.5. The van der Waals surface area contributed by atoms with Gasteiger partial charge >= 0.3 is 0 Å². The quantitative estimate of drug-likeness (QED) is 0.0813. The number of fused-ring (bicyclic) bond motifs is 2. The third-order valence-electron chi connectivity index (χ3n) is 6.01. The summed E-state index contributed by atoms with van der Waals surface area (Å²) in [5.41, 5.74) is 2.67. The summed E-state index contributed by atoms with van der Waals surface area (Å²) in [5, 5.41) is 54.1. The average molecular weight is 676 g/mol. The number of hydrogen-bond acceptors (Lipinski definition) is 5. The molecular weight excluding hydrogens is 658 g/mol. The minimum atomic E-state index is -0.345. The summed E-state index contributed by atoms with van der Waals surface area (Å²) in [6.07, 6.45) is 0. The molecule has 170 valence electrons. The lowest BCUT2D eigenvalue weighted by molar-refractivity contribution is 0.405. The molecule has 34 heavy (non-hydrogen) atoms. The van der Waals surface area contributed by atoms with Gasteiger partial charge in [0, 0.05) is 5.92 Å². The molecule has 0 saturated carbocycles. The van der Waals surface area contributed by atoms with Gasteiger partial charge in [0.2, 0.25) is 0 Å². The van der Waals surface area contributed by atoms with Crippen molar-refractivity contribution < 1.29 is 25.5 Å². The summed E-state index contributed by atoms with van der Waals surface area (Å²) in [6, 6.07) is 21.5. The van der Waals surface area contributed by atoms with E-state index in [1.165, 1.54) is 12.1 Å². The molecule has 0 aliphatic heterocycles. The maximum atomic E-state index is 10.4. The standard InChI is InChI=1S/C27H18I2O5/c28-20-7-15(8-21(29)27(20)34)26(16-5-1-3-13-9-22(30)24(32)11-18(13)16)17-6-2-4-14-10-23(31)25(33)12-19(14)17/h1-12,26,30-34H. The number of aromatic hydroxyl groups is 5. The summed E-state index contributed by atoms with van der Waals surface area (Å²) in [7, 11) is 0. The molecule has 0 aliphatic carbocycles. The van der Waals surface area contributed by atoms with Gasteiger partial charge in [0.05, 0.1) is 7.14 Å². The van der Waals surface area contributed by atoms with Crippen LogP contribution in [0.3, 0.4) is 0 Å². The second kappa shape index (κ2) is 8.70. The van der Waals surface area contributed by atoms with E-state index in [4.69, 9.17) is 0 Å². The largest absolute Gasteiger partial charge is 0.506 e. The fourth-order valence-corrected chi connectivity index (χ4v) is 6.25. The van der Waals surface area contributed by atoms with E-state index in [1.807, 2.05) is 48.5 Å². The Morgan fingerprint density at radius 1 is 0.529 bits per heavy atom. The Kier molecular flexibility index (Phi) is 5.85. The molecular formula is C27H18I2O5. The topological polar surface area (TPSA) is 101 Å². The lowest BCUT2D eigenvalue weighted by Gasteiger charge is -2.24. The molecule has 5 aromatic rings. The van der Waals surface area contributed by atoms with Crippen molar-refractivity contribution in [3.05, 3.63) is 96.6 Å². The SMILES string of the molecule is Oc1cc2cccc(C(c3cc(I)c(O)c(I)c3)c3cccc4cc(O)c(O)cc34)c2cc1O. The van der Waals surface area contributed by atoms with Crippen LogP contribution in [-0.4, -0.2) is 25.5 Å². The number of rotatable bonds is 3. The Bertz CT molecular complexity index is 1480. The van der Waals surface area contributed by atoms with E-state index < -0.39 is 0 Å². The Morgan fingerprint density at radius 3 is 1.38 bits per heavy atom. The van der Waals surface area contributed by atoms with Crippen LogP contribution in [0.5, 0.6) is 28.7 Å². The monoisotopic (exact) mass is 676 g/mol. The lowest BCUT2D eigenvalue weighted by atomic mass is 9.80. The van der Waals surface area contributed by atoms with Gasteiger partial charge in [0.15, 0.2) is 23.0 Å². The maximum absolute atomic E-state index is 10.4. The van der Waals surface area contributed by atoms with Crippen LogP contribution >= 0.6 is 45.2 Å². The molecule has 0 unspecified atom stereocenters. The molecule has 0 saturated heterocycles. The van der Waals surface area contributed by atoms with E-state index in [0.29, 0.717) is 7.14 Å². The average Bonchev–Trinajstić information content (AvgIpc) is 2.80. The van der Waals surface area contributed by atoms with Crippen molar-refractivity contribution in [1.29, 1.82) is 0 Å². The summed E-state index contributed by atoms with van der Waals surface area (Å²) in [6.45, 7) is 0. The molecule has 0 aromatic heterocycles. The Morgan fingerprint density at radius 2 is 0.941 bits per heavy atom. The fraction of sp³-hybridized carbons (Fsp3) is 0.0370. The number of halogens is 2. The second-order valence-corrected chi connectivity index (χ2v) is 10.4. The van der Waals surface area contributed by atoms with E-state index in [1.54, 1.807) is 12.1 Å². The summed E-state index contributed by atoms with van der Waals surface area (Å²) >= 11 is 4.20. The van der Waals surface area contributed by atoms with Crippen LogP contribution in [0.15, 0.2) is 72.8 Å². The Balaban J connectivity index is 1.90. The predicted octanol–water partition coefficient (Wildman–Crippen LogP) is 6.91. The predicted molar refractivity (Wildman–Crippen MR) is 149 cm³/mol. The van der Waals surface area contributed by atoms with Gasteiger partial charge in [-0.2, -0.15) is 0 Å². The van der Waals surface area contributed by atoms with Crippen LogP contribution in [0.25, 0.3) is 21.5 Å². The highest BCUT2D eigenvalue weighted by Crippen LogP contribution is 2.44. The minimum absolute atomic E-state index is 0.194. The molecule has 7 heteroatoms. The molecule has 5 N–H and O–H groups in total. The molecule has 0 aliphatic rings. The van der Waals surface area contributed by atoms with E-state index in [-0.39, 0.29) is 34.7 Å². The first-order valence-corrected chi connectivity index (χ1v) is 12.5. The Labute approximate surface area is 222 Å². The van der Waals surface area contributed by atoms with E-state index >= 15 is 0 Å². The van der Waals surface area contributed by atoms with E-state index in [0.717, 1.165) is 38.2 Å². The second-order valence-electron chi connectivity index (χ2n) is 8.08. The summed E-state index contributed by atoms with van der Waals surface area (Å²) in [4.78, 5) is 0. The molecule has 0 atom stereocenters. The molecule has 0 heterocycles. The molecule has 5 rings (SSSR count). The molecule has 0 spiro atoms. The van der Waals surface area contributed by atoms with Crippen molar-refractivity contribution in [3.63, 3.8) is 0 Å². The number of phenols is 5. The number of hydrogen-bond donors (Lipinski definition) is 5.